The number of nitrogens with zero attached hydrogens (tertiary/aromatic N) is 1. The number of methoxy groups -OCH3 is 2. The van der Waals surface area contributed by atoms with Crippen LogP contribution in [0.4, 0.5) is 0 Å². The van der Waals surface area contributed by atoms with Crippen molar-refractivity contribution >= 4 is 0 Å². The number of ether oxygens (including phenoxy) is 2. The summed E-state index contributed by atoms with van der Waals surface area (Å²) in [6.45, 7) is 1.09. The van der Waals surface area contributed by atoms with Gasteiger partial charge in [0.25, 0.3) is 0 Å². The smallest absolute Gasteiger partial charge is 0.168 e. The highest BCUT2D eigenvalue weighted by Gasteiger charge is 2.36. The van der Waals surface area contributed by atoms with Gasteiger partial charge in [-0.15, -0.1) is 0 Å². The van der Waals surface area contributed by atoms with E-state index in [1.165, 1.54) is 27.8 Å². The molecule has 0 fully saturated rings. The second-order valence-electron chi connectivity index (χ2n) is 5.90. The van der Waals surface area contributed by atoms with Gasteiger partial charge in [-0.3, -0.25) is 4.90 Å². The van der Waals surface area contributed by atoms with Gasteiger partial charge < -0.3 is 14.5 Å². The summed E-state index contributed by atoms with van der Waals surface area (Å²) in [4.78, 5) is 5.71. The van der Waals surface area contributed by atoms with Crippen molar-refractivity contribution in [1.29, 1.82) is 0 Å². The monoisotopic (exact) mass is 284 g/mol. The topological polar surface area (TPSA) is 37.5 Å². The third-order valence-electron chi connectivity index (χ3n) is 4.91. The minimum atomic E-state index is 0.437. The molecule has 2 heterocycles. The standard InChI is InChI=1S/C17H20N2O2/c1-19-5-4-10-7-14(20-2)17(21-3)16-12-9-18-8-11(12)6-13(19)15(10)16/h7-9,13,18H,4-6H2,1-3H3. The van der Waals surface area contributed by atoms with Crippen molar-refractivity contribution in [2.75, 3.05) is 27.8 Å². The van der Waals surface area contributed by atoms with Gasteiger partial charge in [0.1, 0.15) is 0 Å². The second-order valence-corrected chi connectivity index (χ2v) is 5.90. The Hall–Kier alpha value is -1.94. The molecule has 0 bridgehead atoms. The predicted molar refractivity (Wildman–Crippen MR) is 82.1 cm³/mol. The molecule has 0 saturated carbocycles. The van der Waals surface area contributed by atoms with Crippen LogP contribution in [0.15, 0.2) is 18.5 Å². The Morgan fingerprint density at radius 2 is 2.05 bits per heavy atom. The molecule has 0 spiro atoms. The lowest BCUT2D eigenvalue weighted by molar-refractivity contribution is 0.227. The van der Waals surface area contributed by atoms with Crippen LogP contribution in [0.1, 0.15) is 22.7 Å². The zero-order valence-corrected chi connectivity index (χ0v) is 12.7. The molecule has 1 atom stereocenters. The number of benzene rings is 1. The van der Waals surface area contributed by atoms with Gasteiger partial charge in [-0.25, -0.2) is 0 Å². The maximum absolute atomic E-state index is 5.71. The SMILES string of the molecule is COc1cc2c3c(c1OC)-c1c[nH]cc1CC3N(C)CC2. The Labute approximate surface area is 124 Å². The van der Waals surface area contributed by atoms with E-state index in [0.717, 1.165) is 30.9 Å². The van der Waals surface area contributed by atoms with E-state index in [-0.39, 0.29) is 0 Å². The highest BCUT2D eigenvalue weighted by atomic mass is 16.5. The zero-order chi connectivity index (χ0) is 14.6. The van der Waals surface area contributed by atoms with Gasteiger partial charge in [-0.2, -0.15) is 0 Å². The summed E-state index contributed by atoms with van der Waals surface area (Å²) in [5.74, 6) is 1.70. The highest BCUT2D eigenvalue weighted by molar-refractivity contribution is 5.83. The van der Waals surface area contributed by atoms with E-state index in [2.05, 4.69) is 35.4 Å². The molecule has 1 aromatic carbocycles. The molecule has 2 aliphatic rings. The van der Waals surface area contributed by atoms with Gasteiger partial charge in [-0.05, 0) is 42.6 Å². The Morgan fingerprint density at radius 1 is 1.19 bits per heavy atom. The Kier molecular flexibility index (Phi) is 2.76. The number of nitrogens with one attached hydrogen (secondary N) is 1. The van der Waals surface area contributed by atoms with Crippen LogP contribution in [0.25, 0.3) is 11.1 Å². The van der Waals surface area contributed by atoms with E-state index < -0.39 is 0 Å². The van der Waals surface area contributed by atoms with Gasteiger partial charge in [0.15, 0.2) is 11.5 Å². The third kappa shape index (κ3) is 1.65. The average Bonchev–Trinajstić information content (AvgIpc) is 2.98. The van der Waals surface area contributed by atoms with Crippen LogP contribution in [-0.4, -0.2) is 37.7 Å². The lowest BCUT2D eigenvalue weighted by atomic mass is 9.78. The molecule has 4 nitrogen and oxygen atoms in total. The number of hydrogen-bond acceptors (Lipinski definition) is 3. The molecule has 0 radical (unpaired) electrons. The quantitative estimate of drug-likeness (QED) is 0.921. The number of hydrogen-bond donors (Lipinski definition) is 1. The van der Waals surface area contributed by atoms with E-state index in [9.17, 15) is 0 Å². The zero-order valence-electron chi connectivity index (χ0n) is 12.7. The molecular weight excluding hydrogens is 264 g/mol. The molecule has 1 aromatic heterocycles. The molecule has 1 aliphatic carbocycles. The number of aromatic nitrogens is 1. The summed E-state index contributed by atoms with van der Waals surface area (Å²) in [6, 6.07) is 2.60. The molecule has 1 unspecified atom stereocenters. The average molecular weight is 284 g/mol. The summed E-state index contributed by atoms with van der Waals surface area (Å²) in [5, 5.41) is 0. The molecule has 1 N–H and O–H groups in total. The Bertz CT molecular complexity index is 705. The summed E-state index contributed by atoms with van der Waals surface area (Å²) >= 11 is 0. The lowest BCUT2D eigenvalue weighted by Gasteiger charge is -2.39. The molecule has 4 heteroatoms. The van der Waals surface area contributed by atoms with E-state index in [0.29, 0.717) is 6.04 Å². The van der Waals surface area contributed by atoms with Crippen LogP contribution < -0.4 is 9.47 Å². The van der Waals surface area contributed by atoms with Gasteiger partial charge in [0.2, 0.25) is 0 Å². The number of likely N-dealkylation sites (N-methyl/N-ethyl adjacent to an activating group) is 1. The number of aromatic amines is 1. The van der Waals surface area contributed by atoms with E-state index in [4.69, 9.17) is 9.47 Å². The maximum atomic E-state index is 5.71. The van der Waals surface area contributed by atoms with Gasteiger partial charge in [0.05, 0.1) is 14.2 Å². The minimum absolute atomic E-state index is 0.437. The molecule has 0 saturated heterocycles. The summed E-state index contributed by atoms with van der Waals surface area (Å²) in [6.07, 6.45) is 6.32. The van der Waals surface area contributed by atoms with Gasteiger partial charge in [0, 0.05) is 36.1 Å². The highest BCUT2D eigenvalue weighted by Crippen LogP contribution is 2.52. The van der Waals surface area contributed by atoms with Crippen LogP contribution in [0, 0.1) is 0 Å². The van der Waals surface area contributed by atoms with Gasteiger partial charge in [-0.1, -0.05) is 0 Å². The lowest BCUT2D eigenvalue weighted by Crippen LogP contribution is -2.35. The molecule has 110 valence electrons. The largest absolute Gasteiger partial charge is 0.493 e. The maximum Gasteiger partial charge on any atom is 0.168 e. The van der Waals surface area contributed by atoms with E-state index in [1.54, 1.807) is 14.2 Å². The van der Waals surface area contributed by atoms with Crippen molar-refractivity contribution < 1.29 is 9.47 Å². The fourth-order valence-corrected chi connectivity index (χ4v) is 3.85. The third-order valence-corrected chi connectivity index (χ3v) is 4.91. The van der Waals surface area contributed by atoms with Crippen molar-refractivity contribution in [3.05, 3.63) is 35.2 Å². The first-order valence-corrected chi connectivity index (χ1v) is 7.38. The Morgan fingerprint density at radius 3 is 2.81 bits per heavy atom. The van der Waals surface area contributed by atoms with Crippen LogP contribution in [0.3, 0.4) is 0 Å². The number of fused-ring (bicyclic) bond motifs is 2. The van der Waals surface area contributed by atoms with Gasteiger partial charge >= 0.3 is 0 Å². The van der Waals surface area contributed by atoms with Crippen molar-refractivity contribution in [3.8, 4) is 22.6 Å². The molecule has 0 amide bonds. The summed E-state index contributed by atoms with van der Waals surface area (Å²) in [7, 11) is 5.65. The molecule has 2 aromatic rings. The van der Waals surface area contributed by atoms with Crippen molar-refractivity contribution in [2.45, 2.75) is 18.9 Å². The normalized spacial score (nSPS) is 19.9. The molecule has 21 heavy (non-hydrogen) atoms. The predicted octanol–water partition coefficient (Wildman–Crippen LogP) is 2.78. The first-order valence-electron chi connectivity index (χ1n) is 7.38. The van der Waals surface area contributed by atoms with Crippen LogP contribution >= 0.6 is 0 Å². The minimum Gasteiger partial charge on any atom is -0.493 e. The van der Waals surface area contributed by atoms with Crippen molar-refractivity contribution in [3.63, 3.8) is 0 Å². The molecule has 1 aliphatic heterocycles. The summed E-state index contributed by atoms with van der Waals surface area (Å²) < 4.78 is 11.3. The molecular formula is C17H20N2O2. The Balaban J connectivity index is 2.08. The van der Waals surface area contributed by atoms with Crippen molar-refractivity contribution in [2.24, 2.45) is 0 Å². The first kappa shape index (κ1) is 12.8. The van der Waals surface area contributed by atoms with Crippen LogP contribution in [0.2, 0.25) is 0 Å². The fraction of sp³-hybridized carbons (Fsp3) is 0.412. The van der Waals surface area contributed by atoms with Crippen LogP contribution in [0.5, 0.6) is 11.5 Å². The number of rotatable bonds is 2. The molecule has 4 rings (SSSR count). The summed E-state index contributed by atoms with van der Waals surface area (Å²) in [5.41, 5.74) is 6.66. The van der Waals surface area contributed by atoms with E-state index >= 15 is 0 Å². The number of H-pyrrole nitrogens is 1. The van der Waals surface area contributed by atoms with E-state index in [1.807, 2.05) is 0 Å². The van der Waals surface area contributed by atoms with Crippen LogP contribution in [-0.2, 0) is 12.8 Å². The second kappa shape index (κ2) is 4.53. The fourth-order valence-electron chi connectivity index (χ4n) is 3.85. The van der Waals surface area contributed by atoms with Crippen molar-refractivity contribution in [1.82, 2.24) is 9.88 Å². The first-order chi connectivity index (χ1) is 10.2.